The van der Waals surface area contributed by atoms with Gasteiger partial charge in [-0.2, -0.15) is 0 Å². The van der Waals surface area contributed by atoms with Crippen LogP contribution in [0.3, 0.4) is 0 Å². The number of halogens is 2. The minimum Gasteiger partial charge on any atom is -0.465 e. The van der Waals surface area contributed by atoms with Crippen molar-refractivity contribution in [2.75, 3.05) is 13.2 Å². The van der Waals surface area contributed by atoms with Gasteiger partial charge in [-0.3, -0.25) is 9.59 Å². The molecule has 0 N–H and O–H groups in total. The first-order valence-corrected chi connectivity index (χ1v) is 8.34. The van der Waals surface area contributed by atoms with Crippen molar-refractivity contribution in [1.29, 1.82) is 0 Å². The van der Waals surface area contributed by atoms with Crippen molar-refractivity contribution in [3.05, 3.63) is 71.3 Å². The van der Waals surface area contributed by atoms with Gasteiger partial charge in [0.25, 0.3) is 0 Å². The van der Waals surface area contributed by atoms with Crippen molar-refractivity contribution in [3.63, 3.8) is 0 Å². The first-order valence-electron chi connectivity index (χ1n) is 8.34. The number of hydrogen-bond acceptors (Lipinski definition) is 4. The minimum atomic E-state index is -0.549. The molecule has 0 atom stereocenters. The lowest BCUT2D eigenvalue weighted by Crippen LogP contribution is -2.13. The maximum Gasteiger partial charge on any atom is 0.306 e. The van der Waals surface area contributed by atoms with E-state index < -0.39 is 11.9 Å². The summed E-state index contributed by atoms with van der Waals surface area (Å²) in [6, 6.07) is 12.5. The summed E-state index contributed by atoms with van der Waals surface area (Å²) in [5.74, 6) is -1.79. The summed E-state index contributed by atoms with van der Waals surface area (Å²) >= 11 is 0. The standard InChI is InChI=1S/C20H20F2O4/c21-17-7-3-1-5-15(17)11-13-25-19(23)9-10-20(24)26-14-12-16-6-2-4-8-18(16)22/h1-8H,9-14H2. The van der Waals surface area contributed by atoms with Crippen molar-refractivity contribution < 1.29 is 27.8 Å². The number of benzene rings is 2. The van der Waals surface area contributed by atoms with Crippen LogP contribution in [-0.4, -0.2) is 25.2 Å². The Labute approximate surface area is 150 Å². The van der Waals surface area contributed by atoms with E-state index in [1.54, 1.807) is 36.4 Å². The Kier molecular flexibility index (Phi) is 7.74. The molecule has 0 unspecified atom stereocenters. The van der Waals surface area contributed by atoms with Crippen LogP contribution in [0.2, 0.25) is 0 Å². The molecule has 0 bridgehead atoms. The lowest BCUT2D eigenvalue weighted by atomic mass is 10.1. The molecule has 0 heterocycles. The van der Waals surface area contributed by atoms with Crippen molar-refractivity contribution in [3.8, 4) is 0 Å². The van der Waals surface area contributed by atoms with Crippen LogP contribution < -0.4 is 0 Å². The highest BCUT2D eigenvalue weighted by Gasteiger charge is 2.10. The summed E-state index contributed by atoms with van der Waals surface area (Å²) in [5.41, 5.74) is 0.931. The Morgan fingerprint density at radius 1 is 0.692 bits per heavy atom. The summed E-state index contributed by atoms with van der Waals surface area (Å²) in [4.78, 5) is 23.2. The quantitative estimate of drug-likeness (QED) is 0.640. The number of carbonyl (C=O) groups excluding carboxylic acids is 2. The number of esters is 2. The van der Waals surface area contributed by atoms with Crippen LogP contribution in [0, 0.1) is 11.6 Å². The van der Waals surface area contributed by atoms with E-state index in [9.17, 15) is 18.4 Å². The molecule has 0 radical (unpaired) electrons. The zero-order valence-corrected chi connectivity index (χ0v) is 14.3. The highest BCUT2D eigenvalue weighted by molar-refractivity contribution is 5.77. The van der Waals surface area contributed by atoms with E-state index in [4.69, 9.17) is 9.47 Å². The highest BCUT2D eigenvalue weighted by atomic mass is 19.1. The van der Waals surface area contributed by atoms with Crippen LogP contribution in [0.15, 0.2) is 48.5 Å². The Balaban J connectivity index is 1.59. The van der Waals surface area contributed by atoms with E-state index in [1.807, 2.05) is 0 Å². The summed E-state index contributed by atoms with van der Waals surface area (Å²) in [5, 5.41) is 0. The average Bonchev–Trinajstić information content (AvgIpc) is 2.63. The van der Waals surface area contributed by atoms with Gasteiger partial charge in [-0.05, 0) is 23.3 Å². The SMILES string of the molecule is O=C(CCC(=O)OCCc1ccccc1F)OCCc1ccccc1F. The molecule has 0 aliphatic heterocycles. The molecule has 26 heavy (non-hydrogen) atoms. The molecule has 0 saturated heterocycles. The van der Waals surface area contributed by atoms with Gasteiger partial charge in [-0.15, -0.1) is 0 Å². The predicted octanol–water partition coefficient (Wildman–Crippen LogP) is 3.62. The molecule has 0 spiro atoms. The van der Waals surface area contributed by atoms with E-state index in [-0.39, 0.29) is 50.5 Å². The summed E-state index contributed by atoms with van der Waals surface area (Å²) in [7, 11) is 0. The van der Waals surface area contributed by atoms with E-state index in [0.29, 0.717) is 11.1 Å². The number of carbonyl (C=O) groups is 2. The lowest BCUT2D eigenvalue weighted by Gasteiger charge is -2.07. The van der Waals surface area contributed by atoms with Gasteiger partial charge >= 0.3 is 11.9 Å². The third-order valence-electron chi connectivity index (χ3n) is 3.72. The Hall–Kier alpha value is -2.76. The second-order valence-electron chi connectivity index (χ2n) is 5.62. The molecule has 2 aromatic rings. The van der Waals surface area contributed by atoms with Gasteiger partial charge in [0.05, 0.1) is 26.1 Å². The third kappa shape index (κ3) is 6.63. The molecular weight excluding hydrogens is 342 g/mol. The molecule has 6 heteroatoms. The fourth-order valence-electron chi connectivity index (χ4n) is 2.30. The van der Waals surface area contributed by atoms with E-state index in [1.165, 1.54) is 12.1 Å². The van der Waals surface area contributed by atoms with E-state index >= 15 is 0 Å². The molecule has 0 fully saturated rings. The average molecular weight is 362 g/mol. The second kappa shape index (κ2) is 10.3. The molecule has 138 valence electrons. The van der Waals surface area contributed by atoms with Crippen molar-refractivity contribution >= 4 is 11.9 Å². The normalized spacial score (nSPS) is 10.4. The Morgan fingerprint density at radius 2 is 1.08 bits per heavy atom. The zero-order valence-electron chi connectivity index (χ0n) is 14.3. The molecule has 4 nitrogen and oxygen atoms in total. The van der Waals surface area contributed by atoms with Gasteiger partial charge in [-0.1, -0.05) is 36.4 Å². The molecule has 0 aliphatic carbocycles. The molecular formula is C20H20F2O4. The first-order chi connectivity index (χ1) is 12.6. The van der Waals surface area contributed by atoms with Crippen LogP contribution in [-0.2, 0) is 31.9 Å². The maximum atomic E-state index is 13.4. The summed E-state index contributed by atoms with van der Waals surface area (Å²) < 4.78 is 36.8. The summed E-state index contributed by atoms with van der Waals surface area (Å²) in [6.45, 7) is 0.0875. The fraction of sp³-hybridized carbons (Fsp3) is 0.300. The molecule has 0 saturated carbocycles. The Morgan fingerprint density at radius 3 is 1.46 bits per heavy atom. The topological polar surface area (TPSA) is 52.6 Å². The molecule has 2 rings (SSSR count). The van der Waals surface area contributed by atoms with Crippen molar-refractivity contribution in [1.82, 2.24) is 0 Å². The van der Waals surface area contributed by atoms with E-state index in [0.717, 1.165) is 0 Å². The Bertz CT molecular complexity index is 683. The van der Waals surface area contributed by atoms with Gasteiger partial charge in [0, 0.05) is 12.8 Å². The fourth-order valence-corrected chi connectivity index (χ4v) is 2.30. The minimum absolute atomic E-state index is 0.0437. The molecule has 0 aromatic heterocycles. The van der Waals surface area contributed by atoms with Crippen molar-refractivity contribution in [2.45, 2.75) is 25.7 Å². The van der Waals surface area contributed by atoms with Gasteiger partial charge < -0.3 is 9.47 Å². The van der Waals surface area contributed by atoms with Crippen molar-refractivity contribution in [2.24, 2.45) is 0 Å². The van der Waals surface area contributed by atoms with Crippen LogP contribution in [0.5, 0.6) is 0 Å². The van der Waals surface area contributed by atoms with Gasteiger partial charge in [0.15, 0.2) is 0 Å². The number of hydrogen-bond donors (Lipinski definition) is 0. The molecule has 2 aromatic carbocycles. The number of rotatable bonds is 9. The highest BCUT2D eigenvalue weighted by Crippen LogP contribution is 2.09. The smallest absolute Gasteiger partial charge is 0.306 e. The van der Waals surface area contributed by atoms with Crippen LogP contribution in [0.25, 0.3) is 0 Å². The van der Waals surface area contributed by atoms with Crippen LogP contribution in [0.1, 0.15) is 24.0 Å². The number of ether oxygens (including phenoxy) is 2. The molecule has 0 amide bonds. The molecule has 0 aliphatic rings. The van der Waals surface area contributed by atoms with Gasteiger partial charge in [-0.25, -0.2) is 8.78 Å². The monoisotopic (exact) mass is 362 g/mol. The van der Waals surface area contributed by atoms with Crippen LogP contribution >= 0.6 is 0 Å². The second-order valence-corrected chi connectivity index (χ2v) is 5.62. The zero-order chi connectivity index (χ0) is 18.8. The lowest BCUT2D eigenvalue weighted by molar-refractivity contribution is -0.150. The van der Waals surface area contributed by atoms with E-state index in [2.05, 4.69) is 0 Å². The largest absolute Gasteiger partial charge is 0.465 e. The van der Waals surface area contributed by atoms with Crippen LogP contribution in [0.4, 0.5) is 8.78 Å². The van der Waals surface area contributed by atoms with Gasteiger partial charge in [0.2, 0.25) is 0 Å². The summed E-state index contributed by atoms with van der Waals surface area (Å²) in [6.07, 6.45) is 0.308. The van der Waals surface area contributed by atoms with Gasteiger partial charge in [0.1, 0.15) is 11.6 Å². The predicted molar refractivity (Wildman–Crippen MR) is 91.4 cm³/mol. The third-order valence-corrected chi connectivity index (χ3v) is 3.72. The maximum absolute atomic E-state index is 13.4. The first kappa shape index (κ1) is 19.6.